The lowest BCUT2D eigenvalue weighted by molar-refractivity contribution is -0.133. The number of carboxylic acid groups (broad SMARTS) is 1. The maximum Gasteiger partial charge on any atom is 0.313 e. The number of amides is 1. The van der Waals surface area contributed by atoms with Crippen molar-refractivity contribution in [2.75, 3.05) is 29.2 Å². The zero-order valence-corrected chi connectivity index (χ0v) is 10.1. The molecule has 0 unspecified atom stereocenters. The van der Waals surface area contributed by atoms with Crippen LogP contribution in [-0.4, -0.2) is 40.5 Å². The van der Waals surface area contributed by atoms with Crippen LogP contribution in [0.25, 0.3) is 0 Å². The van der Waals surface area contributed by atoms with Crippen molar-refractivity contribution in [3.8, 4) is 0 Å². The molecule has 0 atom stereocenters. The summed E-state index contributed by atoms with van der Waals surface area (Å²) in [5.41, 5.74) is 0.588. The Morgan fingerprint density at radius 2 is 2.18 bits per heavy atom. The Morgan fingerprint density at radius 3 is 2.71 bits per heavy atom. The van der Waals surface area contributed by atoms with Gasteiger partial charge < -0.3 is 15.7 Å². The van der Waals surface area contributed by atoms with E-state index in [0.29, 0.717) is 11.5 Å². The molecule has 0 bridgehead atoms. The van der Waals surface area contributed by atoms with Gasteiger partial charge >= 0.3 is 5.97 Å². The lowest BCUT2D eigenvalue weighted by Crippen LogP contribution is -2.15. The van der Waals surface area contributed by atoms with Gasteiger partial charge in [0.05, 0.1) is 23.4 Å². The number of carboxylic acids is 1. The van der Waals surface area contributed by atoms with E-state index in [-0.39, 0.29) is 17.4 Å². The van der Waals surface area contributed by atoms with Gasteiger partial charge in [-0.15, -0.1) is 11.8 Å². The Balaban J connectivity index is 2.37. The van der Waals surface area contributed by atoms with Gasteiger partial charge in [-0.05, 0) is 12.1 Å². The van der Waals surface area contributed by atoms with E-state index >= 15 is 0 Å². The zero-order valence-electron chi connectivity index (χ0n) is 9.27. The standard InChI is InChI=1S/C10H13N3O3S/c1-11-8-3-2-7(4-12-8)13-9(14)5-17-6-10(15)16/h2-4H,5-6H2,1H3,(H,11,12)(H,13,14)(H,15,16). The normalized spacial score (nSPS) is 9.71. The minimum atomic E-state index is -0.928. The maximum atomic E-state index is 11.4. The van der Waals surface area contributed by atoms with Gasteiger partial charge in [0.15, 0.2) is 0 Å². The number of hydrogen-bond donors (Lipinski definition) is 3. The highest BCUT2D eigenvalue weighted by Gasteiger charge is 2.04. The second kappa shape index (κ2) is 6.74. The van der Waals surface area contributed by atoms with Crippen LogP contribution in [0.4, 0.5) is 11.5 Å². The van der Waals surface area contributed by atoms with Crippen molar-refractivity contribution in [2.45, 2.75) is 0 Å². The number of hydrogen-bond acceptors (Lipinski definition) is 5. The van der Waals surface area contributed by atoms with E-state index in [4.69, 9.17) is 5.11 Å². The van der Waals surface area contributed by atoms with Crippen LogP contribution >= 0.6 is 11.8 Å². The molecule has 6 nitrogen and oxygen atoms in total. The summed E-state index contributed by atoms with van der Waals surface area (Å²) < 4.78 is 0. The maximum absolute atomic E-state index is 11.4. The minimum absolute atomic E-state index is 0.0790. The van der Waals surface area contributed by atoms with Gasteiger partial charge in [0.25, 0.3) is 0 Å². The Hall–Kier alpha value is -1.76. The van der Waals surface area contributed by atoms with E-state index in [1.54, 1.807) is 19.2 Å². The predicted octanol–water partition coefficient (Wildman–Crippen LogP) is 0.880. The smallest absolute Gasteiger partial charge is 0.313 e. The molecule has 1 aromatic rings. The summed E-state index contributed by atoms with van der Waals surface area (Å²) in [6, 6.07) is 3.46. The monoisotopic (exact) mass is 255 g/mol. The highest BCUT2D eigenvalue weighted by Crippen LogP contribution is 2.09. The molecule has 0 saturated carbocycles. The second-order valence-corrected chi connectivity index (χ2v) is 4.10. The Labute approximate surface area is 103 Å². The molecule has 92 valence electrons. The first-order valence-electron chi connectivity index (χ1n) is 4.85. The van der Waals surface area contributed by atoms with Crippen molar-refractivity contribution in [1.82, 2.24) is 4.98 Å². The summed E-state index contributed by atoms with van der Waals surface area (Å²) in [5, 5.41) is 13.9. The molecule has 1 aromatic heterocycles. The van der Waals surface area contributed by atoms with Gasteiger partial charge in [-0.1, -0.05) is 0 Å². The van der Waals surface area contributed by atoms with E-state index in [1.165, 1.54) is 6.20 Å². The van der Waals surface area contributed by atoms with E-state index in [2.05, 4.69) is 15.6 Å². The second-order valence-electron chi connectivity index (χ2n) is 3.12. The summed E-state index contributed by atoms with van der Waals surface area (Å²) >= 11 is 1.05. The highest BCUT2D eigenvalue weighted by atomic mass is 32.2. The number of carbonyl (C=O) groups excluding carboxylic acids is 1. The van der Waals surface area contributed by atoms with Crippen LogP contribution in [0.15, 0.2) is 18.3 Å². The van der Waals surface area contributed by atoms with Crippen LogP contribution in [0, 0.1) is 0 Å². The molecule has 0 fully saturated rings. The van der Waals surface area contributed by atoms with Gasteiger partial charge in [-0.3, -0.25) is 9.59 Å². The lowest BCUT2D eigenvalue weighted by Gasteiger charge is -2.05. The van der Waals surface area contributed by atoms with Gasteiger partial charge in [0.1, 0.15) is 5.82 Å². The van der Waals surface area contributed by atoms with Crippen LogP contribution in [-0.2, 0) is 9.59 Å². The molecule has 1 rings (SSSR count). The van der Waals surface area contributed by atoms with E-state index in [0.717, 1.165) is 11.8 Å². The average molecular weight is 255 g/mol. The van der Waals surface area contributed by atoms with Gasteiger partial charge in [-0.25, -0.2) is 4.98 Å². The van der Waals surface area contributed by atoms with Crippen molar-refractivity contribution < 1.29 is 14.7 Å². The van der Waals surface area contributed by atoms with E-state index in [9.17, 15) is 9.59 Å². The van der Waals surface area contributed by atoms with E-state index in [1.807, 2.05) is 0 Å². The summed E-state index contributed by atoms with van der Waals surface area (Å²) in [7, 11) is 1.75. The van der Waals surface area contributed by atoms with Crippen molar-refractivity contribution >= 4 is 35.1 Å². The first-order valence-corrected chi connectivity index (χ1v) is 6.00. The number of nitrogens with one attached hydrogen (secondary N) is 2. The van der Waals surface area contributed by atoms with Crippen molar-refractivity contribution in [2.24, 2.45) is 0 Å². The molecule has 0 aliphatic heterocycles. The number of rotatable bonds is 6. The van der Waals surface area contributed by atoms with Crippen LogP contribution in [0.5, 0.6) is 0 Å². The SMILES string of the molecule is CNc1ccc(NC(=O)CSCC(=O)O)cn1. The predicted molar refractivity (Wildman–Crippen MR) is 67.4 cm³/mol. The number of nitrogens with zero attached hydrogens (tertiary/aromatic N) is 1. The third kappa shape index (κ3) is 5.21. The number of thioether (sulfide) groups is 1. The Kier molecular flexibility index (Phi) is 5.28. The molecule has 7 heteroatoms. The third-order valence-corrected chi connectivity index (χ3v) is 2.68. The zero-order chi connectivity index (χ0) is 12.7. The van der Waals surface area contributed by atoms with Crippen molar-refractivity contribution in [1.29, 1.82) is 0 Å². The Morgan fingerprint density at radius 1 is 1.41 bits per heavy atom. The summed E-state index contributed by atoms with van der Waals surface area (Å²) in [4.78, 5) is 25.7. The number of aromatic nitrogens is 1. The Bertz CT molecular complexity index is 394. The number of carbonyl (C=O) groups is 2. The fraction of sp³-hybridized carbons (Fsp3) is 0.300. The first-order chi connectivity index (χ1) is 8.11. The van der Waals surface area contributed by atoms with Gasteiger partial charge in [-0.2, -0.15) is 0 Å². The largest absolute Gasteiger partial charge is 0.481 e. The molecule has 1 heterocycles. The molecular weight excluding hydrogens is 242 g/mol. The molecular formula is C10H13N3O3S. The molecule has 3 N–H and O–H groups in total. The molecule has 1 amide bonds. The third-order valence-electron chi connectivity index (χ3n) is 1.76. The topological polar surface area (TPSA) is 91.3 Å². The average Bonchev–Trinajstić information content (AvgIpc) is 2.29. The van der Waals surface area contributed by atoms with Crippen LogP contribution < -0.4 is 10.6 Å². The van der Waals surface area contributed by atoms with Crippen molar-refractivity contribution in [3.63, 3.8) is 0 Å². The molecule has 0 spiro atoms. The summed E-state index contributed by atoms with van der Waals surface area (Å²) in [6.07, 6.45) is 1.53. The van der Waals surface area contributed by atoms with Crippen LogP contribution in [0.3, 0.4) is 0 Å². The molecule has 0 radical (unpaired) electrons. The summed E-state index contributed by atoms with van der Waals surface area (Å²) in [6.45, 7) is 0. The first kappa shape index (κ1) is 13.3. The molecule has 0 saturated heterocycles. The van der Waals surface area contributed by atoms with Gasteiger partial charge in [0, 0.05) is 7.05 Å². The van der Waals surface area contributed by atoms with Gasteiger partial charge in [0.2, 0.25) is 5.91 Å². The number of aliphatic carboxylic acids is 1. The van der Waals surface area contributed by atoms with Crippen LogP contribution in [0.2, 0.25) is 0 Å². The highest BCUT2D eigenvalue weighted by molar-refractivity contribution is 8.00. The lowest BCUT2D eigenvalue weighted by atomic mass is 10.4. The fourth-order valence-corrected chi connectivity index (χ4v) is 1.58. The van der Waals surface area contributed by atoms with Crippen LogP contribution in [0.1, 0.15) is 0 Å². The quantitative estimate of drug-likeness (QED) is 0.699. The van der Waals surface area contributed by atoms with Crippen molar-refractivity contribution in [3.05, 3.63) is 18.3 Å². The number of anilines is 2. The molecule has 17 heavy (non-hydrogen) atoms. The molecule has 0 aliphatic rings. The van der Waals surface area contributed by atoms with E-state index < -0.39 is 5.97 Å². The fourth-order valence-electron chi connectivity index (χ4n) is 1.04. The molecule has 0 aromatic carbocycles. The summed E-state index contributed by atoms with van der Waals surface area (Å²) in [5.74, 6) is -0.425. The number of pyridine rings is 1. The molecule has 0 aliphatic carbocycles. The minimum Gasteiger partial charge on any atom is -0.481 e.